The lowest BCUT2D eigenvalue weighted by atomic mass is 9.85. The molecule has 3 aromatic rings. The molecule has 18 heteroatoms. The van der Waals surface area contributed by atoms with Crippen molar-refractivity contribution in [3.8, 4) is 22.9 Å². The fourth-order valence-electron chi connectivity index (χ4n) is 6.91. The molecule has 4 heterocycles. The number of ether oxygens (including phenoxy) is 3. The SMILES string of the molecule is CC(C)(C)OC(=O)N1CCC2(CC1)C(=O)N(Cc1nc(-c3ccc(Oc4ccccc4C(F)(F)F)c(C(F)(F)F)c3)no1)C(=O)N2CCC1CCOCC1. The van der Waals surface area contributed by atoms with E-state index in [2.05, 4.69) is 10.1 Å². The van der Waals surface area contributed by atoms with E-state index in [9.17, 15) is 40.7 Å². The smallest absolute Gasteiger partial charge is 0.420 e. The van der Waals surface area contributed by atoms with Gasteiger partial charge in [-0.05, 0) is 89.1 Å². The lowest BCUT2D eigenvalue weighted by Gasteiger charge is -2.42. The van der Waals surface area contributed by atoms with Crippen molar-refractivity contribution < 1.29 is 59.5 Å². The molecule has 0 N–H and O–H groups in total. The molecule has 1 aromatic heterocycles. The normalized spacial score (nSPS) is 18.5. The molecular weight excluding hydrogens is 728 g/mol. The molecule has 0 saturated carbocycles. The molecule has 1 spiro atoms. The van der Waals surface area contributed by atoms with E-state index in [1.54, 1.807) is 25.7 Å². The van der Waals surface area contributed by atoms with Crippen LogP contribution in [0.5, 0.6) is 11.5 Å². The van der Waals surface area contributed by atoms with Gasteiger partial charge in [-0.15, -0.1) is 0 Å². The van der Waals surface area contributed by atoms with Crippen molar-refractivity contribution in [2.24, 2.45) is 5.92 Å². The van der Waals surface area contributed by atoms with Gasteiger partial charge in [0.1, 0.15) is 29.2 Å². The first-order valence-electron chi connectivity index (χ1n) is 17.4. The predicted octanol–water partition coefficient (Wildman–Crippen LogP) is 7.92. The van der Waals surface area contributed by atoms with Gasteiger partial charge >= 0.3 is 24.5 Å². The molecule has 0 bridgehead atoms. The molecular formula is C36H39F6N5O7. The van der Waals surface area contributed by atoms with Crippen molar-refractivity contribution in [3.05, 3.63) is 59.5 Å². The van der Waals surface area contributed by atoms with E-state index >= 15 is 0 Å². The average molecular weight is 768 g/mol. The third kappa shape index (κ3) is 8.27. The number of imide groups is 1. The minimum atomic E-state index is -5.05. The number of alkyl halides is 6. The number of rotatable bonds is 8. The molecule has 12 nitrogen and oxygen atoms in total. The number of carbonyl (C=O) groups is 3. The van der Waals surface area contributed by atoms with Gasteiger partial charge in [0.15, 0.2) is 0 Å². The Morgan fingerprint density at radius 3 is 2.22 bits per heavy atom. The number of carbonyl (C=O) groups excluding carboxylic acids is 3. The average Bonchev–Trinajstić information content (AvgIpc) is 3.64. The molecule has 292 valence electrons. The van der Waals surface area contributed by atoms with Crippen LogP contribution in [0.15, 0.2) is 47.0 Å². The van der Waals surface area contributed by atoms with E-state index < -0.39 is 70.7 Å². The Morgan fingerprint density at radius 1 is 0.926 bits per heavy atom. The van der Waals surface area contributed by atoms with Crippen LogP contribution in [0, 0.1) is 5.92 Å². The molecule has 3 aliphatic heterocycles. The second-order valence-electron chi connectivity index (χ2n) is 14.5. The summed E-state index contributed by atoms with van der Waals surface area (Å²) < 4.78 is 104. The van der Waals surface area contributed by atoms with Gasteiger partial charge in [-0.3, -0.25) is 9.69 Å². The van der Waals surface area contributed by atoms with Crippen LogP contribution in [0.2, 0.25) is 0 Å². The van der Waals surface area contributed by atoms with E-state index in [0.29, 0.717) is 31.8 Å². The lowest BCUT2D eigenvalue weighted by Crippen LogP contribution is -2.58. The van der Waals surface area contributed by atoms with Crippen LogP contribution in [0.4, 0.5) is 35.9 Å². The van der Waals surface area contributed by atoms with E-state index in [-0.39, 0.29) is 55.7 Å². The minimum Gasteiger partial charge on any atom is -0.456 e. The maximum atomic E-state index is 14.2. The highest BCUT2D eigenvalue weighted by molar-refractivity contribution is 6.07. The maximum absolute atomic E-state index is 14.2. The van der Waals surface area contributed by atoms with Gasteiger partial charge < -0.3 is 28.5 Å². The zero-order valence-electron chi connectivity index (χ0n) is 29.8. The van der Waals surface area contributed by atoms with Gasteiger partial charge in [-0.2, -0.15) is 31.3 Å². The Bertz CT molecular complexity index is 1860. The van der Waals surface area contributed by atoms with E-state index in [1.807, 2.05) is 0 Å². The number of benzene rings is 2. The molecule has 6 rings (SSSR count). The molecule has 0 aliphatic carbocycles. The molecule has 0 unspecified atom stereocenters. The topological polar surface area (TPSA) is 128 Å². The number of nitrogens with zero attached hydrogens (tertiary/aromatic N) is 5. The second-order valence-corrected chi connectivity index (χ2v) is 14.5. The zero-order valence-corrected chi connectivity index (χ0v) is 29.8. The summed E-state index contributed by atoms with van der Waals surface area (Å²) in [6.45, 7) is 6.55. The summed E-state index contributed by atoms with van der Waals surface area (Å²) in [4.78, 5) is 49.1. The predicted molar refractivity (Wildman–Crippen MR) is 177 cm³/mol. The van der Waals surface area contributed by atoms with Crippen LogP contribution >= 0.6 is 0 Å². The van der Waals surface area contributed by atoms with Crippen molar-refractivity contribution in [2.75, 3.05) is 32.8 Å². The monoisotopic (exact) mass is 767 g/mol. The summed E-state index contributed by atoms with van der Waals surface area (Å²) in [5.41, 5.74) is -4.85. The summed E-state index contributed by atoms with van der Waals surface area (Å²) in [6.07, 6.45) is -7.91. The summed E-state index contributed by atoms with van der Waals surface area (Å²) in [5, 5.41) is 3.77. The first-order chi connectivity index (χ1) is 25.4. The van der Waals surface area contributed by atoms with Gasteiger partial charge in [-0.25, -0.2) is 9.59 Å². The van der Waals surface area contributed by atoms with Crippen LogP contribution in [0.1, 0.15) is 69.9 Å². The van der Waals surface area contributed by atoms with Crippen molar-refractivity contribution in [2.45, 2.75) is 82.9 Å². The van der Waals surface area contributed by atoms with E-state index in [0.717, 1.165) is 42.0 Å². The summed E-state index contributed by atoms with van der Waals surface area (Å²) >= 11 is 0. The highest BCUT2D eigenvalue weighted by Crippen LogP contribution is 2.44. The quantitative estimate of drug-likeness (QED) is 0.166. The highest BCUT2D eigenvalue weighted by Gasteiger charge is 2.58. The number of urea groups is 1. The Morgan fingerprint density at radius 2 is 1.57 bits per heavy atom. The van der Waals surface area contributed by atoms with Crippen LogP contribution in [-0.2, 0) is 33.2 Å². The van der Waals surface area contributed by atoms with Crippen LogP contribution in [0.25, 0.3) is 11.4 Å². The highest BCUT2D eigenvalue weighted by atomic mass is 19.4. The van der Waals surface area contributed by atoms with Gasteiger partial charge in [0, 0.05) is 38.4 Å². The van der Waals surface area contributed by atoms with Gasteiger partial charge in [0.25, 0.3) is 5.91 Å². The fraction of sp³-hybridized carbons (Fsp3) is 0.528. The minimum absolute atomic E-state index is 0.151. The number of para-hydroxylation sites is 1. The molecule has 3 aliphatic rings. The molecule has 0 radical (unpaired) electrons. The molecule has 0 atom stereocenters. The molecule has 54 heavy (non-hydrogen) atoms. The lowest BCUT2D eigenvalue weighted by molar-refractivity contribution is -0.139. The number of likely N-dealkylation sites (tertiary alicyclic amines) is 1. The molecule has 3 saturated heterocycles. The number of piperidine rings is 1. The van der Waals surface area contributed by atoms with Crippen LogP contribution in [0.3, 0.4) is 0 Å². The number of halogens is 6. The van der Waals surface area contributed by atoms with Gasteiger partial charge in [0.2, 0.25) is 11.7 Å². The Labute approximate surface area is 306 Å². The van der Waals surface area contributed by atoms with Crippen molar-refractivity contribution >= 4 is 18.0 Å². The molecule has 3 fully saturated rings. The number of aromatic nitrogens is 2. The standard InChI is InChI=1S/C36H39F6N5O7/c1-33(2,3)53-32(50)45-16-13-34(14-17-45)30(48)46(31(49)47(34)15-10-22-11-18-51-19-12-22)21-28-43-29(44-54-28)23-8-9-27(25(20-23)36(40,41)42)52-26-7-5-4-6-24(26)35(37,38)39/h4-9,20,22H,10-19,21H2,1-3H3. The van der Waals surface area contributed by atoms with Crippen molar-refractivity contribution in [1.82, 2.24) is 24.8 Å². The zero-order chi connectivity index (χ0) is 39.1. The molecule has 4 amide bonds. The van der Waals surface area contributed by atoms with Crippen molar-refractivity contribution in [3.63, 3.8) is 0 Å². The number of amides is 4. The van der Waals surface area contributed by atoms with Crippen LogP contribution < -0.4 is 4.74 Å². The van der Waals surface area contributed by atoms with Gasteiger partial charge in [-0.1, -0.05) is 17.3 Å². The Hall–Kier alpha value is -4.87. The van der Waals surface area contributed by atoms with Crippen LogP contribution in [-0.4, -0.2) is 86.9 Å². The Balaban J connectivity index is 1.22. The van der Waals surface area contributed by atoms with Gasteiger partial charge in [0.05, 0.1) is 11.1 Å². The van der Waals surface area contributed by atoms with Crippen molar-refractivity contribution in [1.29, 1.82) is 0 Å². The van der Waals surface area contributed by atoms with E-state index in [4.69, 9.17) is 18.7 Å². The fourth-order valence-corrected chi connectivity index (χ4v) is 6.91. The second kappa shape index (κ2) is 14.8. The van der Waals surface area contributed by atoms with E-state index in [1.165, 1.54) is 11.0 Å². The summed E-state index contributed by atoms with van der Waals surface area (Å²) in [7, 11) is 0. The Kier molecular flexibility index (Phi) is 10.6. The largest absolute Gasteiger partial charge is 0.456 e. The summed E-state index contributed by atoms with van der Waals surface area (Å²) in [6, 6.07) is 5.85. The number of hydrogen-bond acceptors (Lipinski definition) is 9. The summed E-state index contributed by atoms with van der Waals surface area (Å²) in [5.74, 6) is -2.52. The third-order valence-corrected chi connectivity index (χ3v) is 9.68. The third-order valence-electron chi connectivity index (χ3n) is 9.68. The molecule has 2 aromatic carbocycles. The maximum Gasteiger partial charge on any atom is 0.420 e. The number of hydrogen-bond donors (Lipinski definition) is 0. The first kappa shape index (κ1) is 38.8. The first-order valence-corrected chi connectivity index (χ1v) is 17.4.